The van der Waals surface area contributed by atoms with E-state index in [1.54, 1.807) is 11.8 Å². The van der Waals surface area contributed by atoms with Gasteiger partial charge >= 0.3 is 5.97 Å². The third-order valence-corrected chi connectivity index (χ3v) is 2.99. The van der Waals surface area contributed by atoms with E-state index in [-0.39, 0.29) is 17.8 Å². The Balaban J connectivity index is 2.42. The third-order valence-electron chi connectivity index (χ3n) is 2.99. The average Bonchev–Trinajstić information content (AvgIpc) is 2.36. The Kier molecular flexibility index (Phi) is 5.97. The molecule has 1 atom stereocenters. The Morgan fingerprint density at radius 3 is 2.88 bits per heavy atom. The highest BCUT2D eigenvalue weighted by Crippen LogP contribution is 2.18. The van der Waals surface area contributed by atoms with Crippen molar-refractivity contribution < 1.29 is 14.3 Å². The molecule has 1 aliphatic rings. The van der Waals surface area contributed by atoms with E-state index in [0.717, 1.165) is 19.4 Å². The van der Waals surface area contributed by atoms with E-state index in [1.807, 2.05) is 0 Å². The summed E-state index contributed by atoms with van der Waals surface area (Å²) >= 11 is 0. The summed E-state index contributed by atoms with van der Waals surface area (Å²) in [6, 6.07) is 0. The van der Waals surface area contributed by atoms with Crippen LogP contribution in [0.3, 0.4) is 0 Å². The Hall–Kier alpha value is -1.10. The fourth-order valence-corrected chi connectivity index (χ4v) is 2.07. The summed E-state index contributed by atoms with van der Waals surface area (Å²) < 4.78 is 4.99. The molecule has 5 nitrogen and oxygen atoms in total. The van der Waals surface area contributed by atoms with Crippen LogP contribution in [0, 0.1) is 5.92 Å². The molecule has 0 aromatic heterocycles. The summed E-state index contributed by atoms with van der Waals surface area (Å²) in [7, 11) is 0. The number of amides is 1. The summed E-state index contributed by atoms with van der Waals surface area (Å²) in [6.07, 6.45) is 2.88. The van der Waals surface area contributed by atoms with Gasteiger partial charge in [0, 0.05) is 19.5 Å². The lowest BCUT2D eigenvalue weighted by molar-refractivity contribution is -0.151. The maximum atomic E-state index is 11.8. The van der Waals surface area contributed by atoms with E-state index in [1.165, 1.54) is 0 Å². The van der Waals surface area contributed by atoms with Gasteiger partial charge in [-0.25, -0.2) is 0 Å². The van der Waals surface area contributed by atoms with Gasteiger partial charge in [-0.05, 0) is 32.7 Å². The molecule has 2 N–H and O–H groups in total. The zero-order valence-electron chi connectivity index (χ0n) is 10.5. The second kappa shape index (κ2) is 7.27. The van der Waals surface area contributed by atoms with Crippen LogP contribution in [0.5, 0.6) is 0 Å². The normalized spacial score (nSPS) is 20.1. The Bertz CT molecular complexity index is 268. The second-order valence-electron chi connectivity index (χ2n) is 4.32. The lowest BCUT2D eigenvalue weighted by Gasteiger charge is -2.31. The van der Waals surface area contributed by atoms with Crippen molar-refractivity contribution in [3.63, 3.8) is 0 Å². The highest BCUT2D eigenvalue weighted by Gasteiger charge is 2.28. The highest BCUT2D eigenvalue weighted by atomic mass is 16.5. The second-order valence-corrected chi connectivity index (χ2v) is 4.32. The van der Waals surface area contributed by atoms with Crippen molar-refractivity contribution in [1.82, 2.24) is 4.90 Å². The number of nitrogens with two attached hydrogens (primary N) is 1. The summed E-state index contributed by atoms with van der Waals surface area (Å²) in [5, 5.41) is 0. The molecule has 0 radical (unpaired) electrons. The zero-order chi connectivity index (χ0) is 12.7. The van der Waals surface area contributed by atoms with Crippen LogP contribution in [0.15, 0.2) is 0 Å². The number of piperidine rings is 1. The van der Waals surface area contributed by atoms with Crippen molar-refractivity contribution in [3.8, 4) is 0 Å². The number of esters is 1. The van der Waals surface area contributed by atoms with Gasteiger partial charge in [-0.3, -0.25) is 9.59 Å². The van der Waals surface area contributed by atoms with Crippen LogP contribution in [0.2, 0.25) is 0 Å². The van der Waals surface area contributed by atoms with E-state index < -0.39 is 0 Å². The van der Waals surface area contributed by atoms with Gasteiger partial charge in [-0.2, -0.15) is 0 Å². The predicted octanol–water partition coefficient (Wildman–Crippen LogP) is 0.527. The lowest BCUT2D eigenvalue weighted by Crippen LogP contribution is -2.42. The topological polar surface area (TPSA) is 72.6 Å². The molecule has 1 heterocycles. The predicted molar refractivity (Wildman–Crippen MR) is 64.2 cm³/mol. The van der Waals surface area contributed by atoms with Gasteiger partial charge in [0.15, 0.2) is 0 Å². The monoisotopic (exact) mass is 242 g/mol. The van der Waals surface area contributed by atoms with Crippen LogP contribution in [0.4, 0.5) is 0 Å². The van der Waals surface area contributed by atoms with Crippen LogP contribution in [-0.4, -0.2) is 43.0 Å². The summed E-state index contributed by atoms with van der Waals surface area (Å²) in [6.45, 7) is 3.98. The lowest BCUT2D eigenvalue weighted by atomic mass is 9.98. The number of nitrogens with zero attached hydrogens (tertiary/aromatic N) is 1. The van der Waals surface area contributed by atoms with Crippen LogP contribution < -0.4 is 5.73 Å². The quantitative estimate of drug-likeness (QED) is 0.714. The number of carbonyl (C=O) groups is 2. The number of carbonyl (C=O) groups excluding carboxylic acids is 2. The molecule has 0 saturated carbocycles. The number of hydrogen-bond acceptors (Lipinski definition) is 4. The van der Waals surface area contributed by atoms with Gasteiger partial charge in [0.25, 0.3) is 0 Å². The molecule has 1 rings (SSSR count). The van der Waals surface area contributed by atoms with Gasteiger partial charge in [-0.1, -0.05) is 0 Å². The molecule has 1 unspecified atom stereocenters. The Morgan fingerprint density at radius 1 is 1.47 bits per heavy atom. The largest absolute Gasteiger partial charge is 0.466 e. The van der Waals surface area contributed by atoms with Crippen LogP contribution in [0.1, 0.15) is 32.6 Å². The molecule has 0 aromatic carbocycles. The fourth-order valence-electron chi connectivity index (χ4n) is 2.07. The molecule has 0 spiro atoms. The van der Waals surface area contributed by atoms with E-state index >= 15 is 0 Å². The van der Waals surface area contributed by atoms with Crippen LogP contribution in [0.25, 0.3) is 0 Å². The first-order chi connectivity index (χ1) is 8.19. The molecule has 1 aliphatic heterocycles. The van der Waals surface area contributed by atoms with Crippen molar-refractivity contribution in [1.29, 1.82) is 0 Å². The van der Waals surface area contributed by atoms with E-state index in [2.05, 4.69) is 0 Å². The van der Waals surface area contributed by atoms with E-state index in [4.69, 9.17) is 10.5 Å². The van der Waals surface area contributed by atoms with Crippen molar-refractivity contribution in [2.45, 2.75) is 32.6 Å². The maximum Gasteiger partial charge on any atom is 0.310 e. The number of likely N-dealkylation sites (tertiary alicyclic amines) is 1. The van der Waals surface area contributed by atoms with E-state index in [9.17, 15) is 9.59 Å². The first kappa shape index (κ1) is 14.0. The molecule has 1 fully saturated rings. The van der Waals surface area contributed by atoms with Gasteiger partial charge in [0.1, 0.15) is 0 Å². The minimum atomic E-state index is -0.177. The number of ether oxygens (including phenoxy) is 1. The van der Waals surface area contributed by atoms with Crippen molar-refractivity contribution in [3.05, 3.63) is 0 Å². The highest BCUT2D eigenvalue weighted by molar-refractivity contribution is 5.78. The van der Waals surface area contributed by atoms with Crippen molar-refractivity contribution in [2.75, 3.05) is 26.2 Å². The van der Waals surface area contributed by atoms with Gasteiger partial charge in [0.05, 0.1) is 12.5 Å². The molecule has 0 bridgehead atoms. The van der Waals surface area contributed by atoms with Gasteiger partial charge < -0.3 is 15.4 Å². The molecule has 1 amide bonds. The smallest absolute Gasteiger partial charge is 0.310 e. The summed E-state index contributed by atoms with van der Waals surface area (Å²) in [5.41, 5.74) is 5.38. The minimum Gasteiger partial charge on any atom is -0.466 e. The minimum absolute atomic E-state index is 0.101. The van der Waals surface area contributed by atoms with Crippen LogP contribution in [-0.2, 0) is 14.3 Å². The number of hydrogen-bond donors (Lipinski definition) is 1. The van der Waals surface area contributed by atoms with Crippen molar-refractivity contribution in [2.24, 2.45) is 11.7 Å². The first-order valence-electron chi connectivity index (χ1n) is 6.33. The average molecular weight is 242 g/mol. The maximum absolute atomic E-state index is 11.8. The number of rotatable bonds is 5. The summed E-state index contributed by atoms with van der Waals surface area (Å²) in [4.78, 5) is 25.2. The molecule has 0 aromatic rings. The molecule has 17 heavy (non-hydrogen) atoms. The molecule has 0 aliphatic carbocycles. The Morgan fingerprint density at radius 2 is 2.24 bits per heavy atom. The van der Waals surface area contributed by atoms with E-state index in [0.29, 0.717) is 32.5 Å². The molecule has 1 saturated heterocycles. The molecular weight excluding hydrogens is 220 g/mol. The first-order valence-corrected chi connectivity index (χ1v) is 6.33. The SMILES string of the molecule is CCOC(=O)C1CCCN(C(=O)CCCN)C1. The Labute approximate surface area is 102 Å². The zero-order valence-corrected chi connectivity index (χ0v) is 10.5. The van der Waals surface area contributed by atoms with Crippen LogP contribution >= 0.6 is 0 Å². The molecular formula is C12H22N2O3. The fraction of sp³-hybridized carbons (Fsp3) is 0.833. The van der Waals surface area contributed by atoms with Gasteiger partial charge in [-0.15, -0.1) is 0 Å². The molecule has 5 heteroatoms. The summed E-state index contributed by atoms with van der Waals surface area (Å²) in [5.74, 6) is -0.223. The standard InChI is InChI=1S/C12H22N2O3/c1-2-17-12(16)10-5-4-8-14(9-10)11(15)6-3-7-13/h10H,2-9,13H2,1H3. The molecule has 98 valence electrons. The van der Waals surface area contributed by atoms with Gasteiger partial charge in [0.2, 0.25) is 5.91 Å². The van der Waals surface area contributed by atoms with Crippen molar-refractivity contribution >= 4 is 11.9 Å². The third kappa shape index (κ3) is 4.34.